The smallest absolute Gasteiger partial charge is 0.337 e. The molecule has 0 aliphatic carbocycles. The highest BCUT2D eigenvalue weighted by Crippen LogP contribution is 2.27. The lowest BCUT2D eigenvalue weighted by molar-refractivity contribution is 0.0698. The van der Waals surface area contributed by atoms with Crippen LogP contribution in [-0.2, 0) is 6.54 Å². The molecule has 5 nitrogen and oxygen atoms in total. The molecular weight excluding hydrogens is 328 g/mol. The SMILES string of the molecule is NCc1cccc(-c2ccc(C(=O)O)c(NC(=O)c3ccccc3)c2)c1. The molecule has 0 saturated carbocycles. The molecular formula is C21H18N2O3. The van der Waals surface area contributed by atoms with Gasteiger partial charge in [-0.1, -0.05) is 42.5 Å². The van der Waals surface area contributed by atoms with Gasteiger partial charge in [-0.05, 0) is 47.0 Å². The number of benzene rings is 3. The van der Waals surface area contributed by atoms with E-state index in [1.807, 2.05) is 30.3 Å². The molecule has 0 fully saturated rings. The number of carboxylic acids is 1. The van der Waals surface area contributed by atoms with Crippen LogP contribution in [0.2, 0.25) is 0 Å². The Kier molecular flexibility index (Phi) is 5.10. The van der Waals surface area contributed by atoms with E-state index in [1.54, 1.807) is 36.4 Å². The van der Waals surface area contributed by atoms with Gasteiger partial charge in [0.15, 0.2) is 0 Å². The fourth-order valence-electron chi connectivity index (χ4n) is 2.68. The third kappa shape index (κ3) is 3.79. The molecule has 3 rings (SSSR count). The molecule has 0 spiro atoms. The van der Waals surface area contributed by atoms with Gasteiger partial charge in [-0.15, -0.1) is 0 Å². The average Bonchev–Trinajstić information content (AvgIpc) is 2.68. The standard InChI is InChI=1S/C21H18N2O3/c22-13-14-5-4-8-16(11-14)17-9-10-18(21(25)26)19(12-17)23-20(24)15-6-2-1-3-7-15/h1-12H,13,22H2,(H,23,24)(H,25,26). The van der Waals surface area contributed by atoms with Crippen LogP contribution in [0.1, 0.15) is 26.3 Å². The summed E-state index contributed by atoms with van der Waals surface area (Å²) in [7, 11) is 0. The Bertz CT molecular complexity index is 952. The minimum atomic E-state index is -1.10. The Morgan fingerprint density at radius 2 is 1.62 bits per heavy atom. The Hall–Kier alpha value is -3.44. The van der Waals surface area contributed by atoms with Gasteiger partial charge in [0.1, 0.15) is 0 Å². The van der Waals surface area contributed by atoms with Crippen molar-refractivity contribution in [1.29, 1.82) is 0 Å². The summed E-state index contributed by atoms with van der Waals surface area (Å²) in [6, 6.07) is 21.2. The van der Waals surface area contributed by atoms with Crippen molar-refractivity contribution in [1.82, 2.24) is 0 Å². The Labute approximate surface area is 151 Å². The van der Waals surface area contributed by atoms with E-state index in [1.165, 1.54) is 6.07 Å². The number of aromatic carboxylic acids is 1. The summed E-state index contributed by atoms with van der Waals surface area (Å²) in [5.74, 6) is -1.46. The first-order valence-corrected chi connectivity index (χ1v) is 8.11. The average molecular weight is 346 g/mol. The first-order chi connectivity index (χ1) is 12.6. The van der Waals surface area contributed by atoms with E-state index in [9.17, 15) is 14.7 Å². The van der Waals surface area contributed by atoms with Gasteiger partial charge < -0.3 is 16.2 Å². The van der Waals surface area contributed by atoms with Crippen LogP contribution >= 0.6 is 0 Å². The van der Waals surface area contributed by atoms with Crippen molar-refractivity contribution >= 4 is 17.6 Å². The maximum Gasteiger partial charge on any atom is 0.337 e. The van der Waals surface area contributed by atoms with Gasteiger partial charge in [0.2, 0.25) is 0 Å². The first kappa shape index (κ1) is 17.4. The summed E-state index contributed by atoms with van der Waals surface area (Å²) in [6.07, 6.45) is 0. The van der Waals surface area contributed by atoms with Gasteiger partial charge >= 0.3 is 5.97 Å². The van der Waals surface area contributed by atoms with Gasteiger partial charge in [-0.2, -0.15) is 0 Å². The molecule has 0 heterocycles. The molecule has 26 heavy (non-hydrogen) atoms. The maximum absolute atomic E-state index is 12.4. The predicted molar refractivity (Wildman–Crippen MR) is 101 cm³/mol. The van der Waals surface area contributed by atoms with Gasteiger partial charge in [-0.25, -0.2) is 4.79 Å². The third-order valence-electron chi connectivity index (χ3n) is 4.03. The Morgan fingerprint density at radius 1 is 0.885 bits per heavy atom. The maximum atomic E-state index is 12.4. The zero-order valence-electron chi connectivity index (χ0n) is 14.0. The molecule has 0 radical (unpaired) electrons. The first-order valence-electron chi connectivity index (χ1n) is 8.11. The molecule has 5 heteroatoms. The zero-order valence-corrected chi connectivity index (χ0v) is 14.0. The number of nitrogens with one attached hydrogen (secondary N) is 1. The molecule has 0 unspecified atom stereocenters. The molecule has 3 aromatic carbocycles. The van der Waals surface area contributed by atoms with E-state index in [2.05, 4.69) is 5.32 Å². The van der Waals surface area contributed by atoms with Crippen molar-refractivity contribution in [3.8, 4) is 11.1 Å². The molecule has 0 aliphatic rings. The zero-order chi connectivity index (χ0) is 18.5. The van der Waals surface area contributed by atoms with Gasteiger partial charge in [-0.3, -0.25) is 4.79 Å². The van der Waals surface area contributed by atoms with Crippen molar-refractivity contribution in [2.24, 2.45) is 5.73 Å². The van der Waals surface area contributed by atoms with E-state index in [-0.39, 0.29) is 17.2 Å². The highest BCUT2D eigenvalue weighted by atomic mass is 16.4. The quantitative estimate of drug-likeness (QED) is 0.656. The molecule has 130 valence electrons. The number of carbonyl (C=O) groups excluding carboxylic acids is 1. The van der Waals surface area contributed by atoms with Crippen LogP contribution in [0.25, 0.3) is 11.1 Å². The van der Waals surface area contributed by atoms with Crippen LogP contribution in [0.5, 0.6) is 0 Å². The lowest BCUT2D eigenvalue weighted by Gasteiger charge is -2.12. The predicted octanol–water partition coefficient (Wildman–Crippen LogP) is 3.76. The van der Waals surface area contributed by atoms with E-state index >= 15 is 0 Å². The fraction of sp³-hybridized carbons (Fsp3) is 0.0476. The van der Waals surface area contributed by atoms with Crippen LogP contribution in [-0.4, -0.2) is 17.0 Å². The second-order valence-electron chi connectivity index (χ2n) is 5.79. The van der Waals surface area contributed by atoms with E-state index in [0.29, 0.717) is 12.1 Å². The topological polar surface area (TPSA) is 92.4 Å². The number of carboxylic acid groups (broad SMARTS) is 1. The lowest BCUT2D eigenvalue weighted by atomic mass is 10.00. The van der Waals surface area contributed by atoms with Crippen LogP contribution < -0.4 is 11.1 Å². The number of rotatable bonds is 5. The van der Waals surface area contributed by atoms with E-state index < -0.39 is 5.97 Å². The van der Waals surface area contributed by atoms with Gasteiger partial charge in [0, 0.05) is 12.1 Å². The van der Waals surface area contributed by atoms with Crippen molar-refractivity contribution in [3.05, 3.63) is 89.5 Å². The number of amides is 1. The summed E-state index contributed by atoms with van der Waals surface area (Å²) in [5, 5.41) is 12.1. The van der Waals surface area contributed by atoms with Crippen LogP contribution in [0.3, 0.4) is 0 Å². The van der Waals surface area contributed by atoms with Gasteiger partial charge in [0.25, 0.3) is 5.91 Å². The molecule has 0 bridgehead atoms. The second kappa shape index (κ2) is 7.63. The Balaban J connectivity index is 1.99. The number of hydrogen-bond donors (Lipinski definition) is 3. The van der Waals surface area contributed by atoms with Crippen molar-refractivity contribution in [2.45, 2.75) is 6.54 Å². The summed E-state index contributed by atoms with van der Waals surface area (Å²) in [4.78, 5) is 23.9. The number of nitrogens with two attached hydrogens (primary N) is 1. The van der Waals surface area contributed by atoms with E-state index in [0.717, 1.165) is 16.7 Å². The largest absolute Gasteiger partial charge is 0.478 e. The van der Waals surface area contributed by atoms with Crippen molar-refractivity contribution in [2.75, 3.05) is 5.32 Å². The Morgan fingerprint density at radius 3 is 2.31 bits per heavy atom. The molecule has 0 aliphatic heterocycles. The second-order valence-corrected chi connectivity index (χ2v) is 5.79. The minimum Gasteiger partial charge on any atom is -0.478 e. The lowest BCUT2D eigenvalue weighted by Crippen LogP contribution is -2.14. The van der Waals surface area contributed by atoms with Crippen LogP contribution in [0.15, 0.2) is 72.8 Å². The van der Waals surface area contributed by atoms with Crippen LogP contribution in [0.4, 0.5) is 5.69 Å². The molecule has 4 N–H and O–H groups in total. The number of carbonyl (C=O) groups is 2. The molecule has 0 atom stereocenters. The van der Waals surface area contributed by atoms with Gasteiger partial charge in [0.05, 0.1) is 11.3 Å². The van der Waals surface area contributed by atoms with Crippen molar-refractivity contribution in [3.63, 3.8) is 0 Å². The third-order valence-corrected chi connectivity index (χ3v) is 4.03. The summed E-state index contributed by atoms with van der Waals surface area (Å²) in [6.45, 7) is 0.415. The normalized spacial score (nSPS) is 10.3. The fourth-order valence-corrected chi connectivity index (χ4v) is 2.68. The highest BCUT2D eigenvalue weighted by molar-refractivity contribution is 6.08. The van der Waals surface area contributed by atoms with Crippen molar-refractivity contribution < 1.29 is 14.7 Å². The molecule has 0 saturated heterocycles. The van der Waals surface area contributed by atoms with E-state index in [4.69, 9.17) is 5.73 Å². The molecule has 1 amide bonds. The van der Waals surface area contributed by atoms with Crippen LogP contribution in [0, 0.1) is 0 Å². The molecule has 0 aromatic heterocycles. The number of anilines is 1. The summed E-state index contributed by atoms with van der Waals surface area (Å²) < 4.78 is 0. The summed E-state index contributed by atoms with van der Waals surface area (Å²) >= 11 is 0. The molecule has 3 aromatic rings. The monoisotopic (exact) mass is 346 g/mol. The number of hydrogen-bond acceptors (Lipinski definition) is 3. The minimum absolute atomic E-state index is 0.0352. The highest BCUT2D eigenvalue weighted by Gasteiger charge is 2.15. The summed E-state index contributed by atoms with van der Waals surface area (Å²) in [5.41, 5.74) is 9.11.